The van der Waals surface area contributed by atoms with Crippen LogP contribution in [-0.4, -0.2) is 26.5 Å². The van der Waals surface area contributed by atoms with E-state index in [2.05, 4.69) is 36.8 Å². The molecule has 3 aliphatic rings. The van der Waals surface area contributed by atoms with Crippen LogP contribution in [0.25, 0.3) is 0 Å². The fraction of sp³-hybridized carbons (Fsp3) is 0.533. The van der Waals surface area contributed by atoms with Gasteiger partial charge in [0.05, 0.1) is 11.8 Å². The lowest BCUT2D eigenvalue weighted by Gasteiger charge is -2.28. The number of aryl methyl sites for hydroxylation is 1. The molecule has 2 bridgehead atoms. The van der Waals surface area contributed by atoms with Gasteiger partial charge in [0, 0.05) is 15.3 Å². The molecule has 3 fully saturated rings. The molecule has 1 aromatic rings. The topological polar surface area (TPSA) is 50.3 Å². The Morgan fingerprint density at radius 1 is 1.10 bits per heavy atom. The van der Waals surface area contributed by atoms with E-state index in [4.69, 9.17) is 0 Å². The highest BCUT2D eigenvalue weighted by molar-refractivity contribution is 9.12. The summed E-state index contributed by atoms with van der Waals surface area (Å²) >= 11 is 7.38. The predicted molar refractivity (Wildman–Crippen MR) is 85.5 cm³/mol. The minimum atomic E-state index is -0.178. The van der Waals surface area contributed by atoms with Gasteiger partial charge in [-0.25, -0.2) is 9.88 Å². The van der Waals surface area contributed by atoms with Crippen LogP contribution in [0.1, 0.15) is 12.1 Å². The molecule has 0 radical (unpaired) electrons. The first-order valence-electron chi connectivity index (χ1n) is 7.10. The molecule has 1 saturated heterocycles. The Kier molecular flexibility index (Phi) is 3.05. The molecule has 6 heteroatoms. The molecule has 2 aliphatic carbocycles. The lowest BCUT2D eigenvalue weighted by molar-refractivity contribution is -0.123. The molecular weight excluding hydrogens is 400 g/mol. The number of amides is 2. The lowest BCUT2D eigenvalue weighted by atomic mass is 9.81. The highest BCUT2D eigenvalue weighted by Gasteiger charge is 2.66. The van der Waals surface area contributed by atoms with E-state index in [0.29, 0.717) is 5.82 Å². The summed E-state index contributed by atoms with van der Waals surface area (Å²) in [6.45, 7) is 1.86. The molecule has 0 unspecified atom stereocenters. The smallest absolute Gasteiger partial charge is 0.239 e. The molecule has 2 saturated carbocycles. The molecule has 110 valence electrons. The van der Waals surface area contributed by atoms with Crippen LogP contribution in [0.3, 0.4) is 0 Å². The van der Waals surface area contributed by atoms with Crippen LogP contribution < -0.4 is 4.90 Å². The van der Waals surface area contributed by atoms with E-state index in [1.807, 2.05) is 19.1 Å². The van der Waals surface area contributed by atoms with Gasteiger partial charge in [-0.05, 0) is 37.3 Å². The summed E-state index contributed by atoms with van der Waals surface area (Å²) in [6.07, 6.45) is 0.952. The molecule has 1 aromatic heterocycles. The van der Waals surface area contributed by atoms with Crippen molar-refractivity contribution in [2.45, 2.75) is 23.0 Å². The fourth-order valence-electron chi connectivity index (χ4n) is 4.23. The second kappa shape index (κ2) is 4.62. The van der Waals surface area contributed by atoms with Crippen molar-refractivity contribution < 1.29 is 9.59 Å². The van der Waals surface area contributed by atoms with Crippen LogP contribution in [0.2, 0.25) is 0 Å². The maximum atomic E-state index is 12.8. The molecule has 6 atom stereocenters. The predicted octanol–water partition coefficient (Wildman–Crippen LogP) is 2.67. The van der Waals surface area contributed by atoms with E-state index >= 15 is 0 Å². The van der Waals surface area contributed by atoms with Gasteiger partial charge in [-0.2, -0.15) is 0 Å². The monoisotopic (exact) mass is 412 g/mol. The Hall–Kier alpha value is -0.750. The molecule has 4 rings (SSSR count). The molecule has 0 N–H and O–H groups in total. The van der Waals surface area contributed by atoms with Crippen molar-refractivity contribution in [3.8, 4) is 0 Å². The van der Waals surface area contributed by atoms with Crippen LogP contribution in [0.4, 0.5) is 5.82 Å². The van der Waals surface area contributed by atoms with Crippen molar-refractivity contribution in [1.29, 1.82) is 0 Å². The van der Waals surface area contributed by atoms with E-state index < -0.39 is 0 Å². The molecule has 2 amide bonds. The zero-order valence-electron chi connectivity index (χ0n) is 11.4. The summed E-state index contributed by atoms with van der Waals surface area (Å²) < 4.78 is 0. The third-order valence-corrected chi connectivity index (χ3v) is 8.30. The van der Waals surface area contributed by atoms with Gasteiger partial charge in [0.1, 0.15) is 5.82 Å². The average Bonchev–Trinajstić information content (AvgIpc) is 3.04. The number of pyridine rings is 1. The second-order valence-electron chi connectivity index (χ2n) is 6.15. The summed E-state index contributed by atoms with van der Waals surface area (Å²) in [5, 5.41) is 0. The normalized spacial score (nSPS) is 41.0. The minimum absolute atomic E-state index is 0.0700. The summed E-state index contributed by atoms with van der Waals surface area (Å²) in [6, 6.07) is 5.44. The van der Waals surface area contributed by atoms with Gasteiger partial charge in [0.2, 0.25) is 11.8 Å². The second-order valence-corrected chi connectivity index (χ2v) is 8.27. The first kappa shape index (κ1) is 13.9. The first-order chi connectivity index (χ1) is 10.0. The van der Waals surface area contributed by atoms with E-state index in [9.17, 15) is 9.59 Å². The Morgan fingerprint density at radius 3 is 2.19 bits per heavy atom. The molecular formula is C15H14Br2N2O2. The summed E-state index contributed by atoms with van der Waals surface area (Å²) in [7, 11) is 0. The minimum Gasteiger partial charge on any atom is -0.274 e. The van der Waals surface area contributed by atoms with Crippen LogP contribution >= 0.6 is 31.9 Å². The van der Waals surface area contributed by atoms with Crippen molar-refractivity contribution in [3.63, 3.8) is 0 Å². The highest BCUT2D eigenvalue weighted by Crippen LogP contribution is 2.60. The number of alkyl halides is 2. The van der Waals surface area contributed by atoms with Crippen molar-refractivity contribution in [3.05, 3.63) is 23.9 Å². The van der Waals surface area contributed by atoms with Gasteiger partial charge in [0.15, 0.2) is 0 Å². The van der Waals surface area contributed by atoms with Crippen molar-refractivity contribution in [2.75, 3.05) is 4.90 Å². The number of aromatic nitrogens is 1. The zero-order chi connectivity index (χ0) is 14.9. The third-order valence-electron chi connectivity index (χ3n) is 5.09. The Morgan fingerprint density at radius 2 is 1.67 bits per heavy atom. The largest absolute Gasteiger partial charge is 0.274 e. The van der Waals surface area contributed by atoms with Crippen LogP contribution in [0.15, 0.2) is 18.2 Å². The van der Waals surface area contributed by atoms with Crippen LogP contribution in [-0.2, 0) is 9.59 Å². The van der Waals surface area contributed by atoms with Crippen molar-refractivity contribution in [2.24, 2.45) is 23.7 Å². The van der Waals surface area contributed by atoms with Crippen LogP contribution in [0.5, 0.6) is 0 Å². The van der Waals surface area contributed by atoms with E-state index in [0.717, 1.165) is 12.1 Å². The molecule has 0 spiro atoms. The van der Waals surface area contributed by atoms with E-state index in [1.54, 1.807) is 6.07 Å². The summed E-state index contributed by atoms with van der Waals surface area (Å²) in [4.78, 5) is 31.8. The Balaban J connectivity index is 1.75. The number of imide groups is 1. The van der Waals surface area contributed by atoms with Gasteiger partial charge in [0.25, 0.3) is 0 Å². The quantitative estimate of drug-likeness (QED) is 0.525. The lowest BCUT2D eigenvalue weighted by Crippen LogP contribution is -2.37. The van der Waals surface area contributed by atoms with Gasteiger partial charge in [-0.3, -0.25) is 9.59 Å². The first-order valence-corrected chi connectivity index (χ1v) is 8.93. The molecule has 1 aliphatic heterocycles. The van der Waals surface area contributed by atoms with Gasteiger partial charge in [-0.15, -0.1) is 0 Å². The fourth-order valence-corrected chi connectivity index (χ4v) is 6.10. The standard InChI is InChI=1S/C15H14Br2N2O2/c1-6-3-2-4-9(18-6)19-14(20)10-7-5-8(11(10)15(19)21)13(17)12(7)16/h2-4,7-8,10-13H,5H2,1H3/t7-,8-,10-,11+,12-,13+/m1/s1. The van der Waals surface area contributed by atoms with Gasteiger partial charge in [-0.1, -0.05) is 37.9 Å². The number of hydrogen-bond acceptors (Lipinski definition) is 3. The van der Waals surface area contributed by atoms with E-state index in [-0.39, 0.29) is 45.1 Å². The van der Waals surface area contributed by atoms with Crippen molar-refractivity contribution in [1.82, 2.24) is 4.98 Å². The Bertz CT molecular complexity index is 618. The van der Waals surface area contributed by atoms with Gasteiger partial charge >= 0.3 is 0 Å². The zero-order valence-corrected chi connectivity index (χ0v) is 14.5. The maximum absolute atomic E-state index is 12.8. The number of fused-ring (bicyclic) bond motifs is 5. The van der Waals surface area contributed by atoms with Crippen molar-refractivity contribution >= 4 is 49.5 Å². The van der Waals surface area contributed by atoms with Gasteiger partial charge < -0.3 is 0 Å². The number of carbonyl (C=O) groups is 2. The molecule has 21 heavy (non-hydrogen) atoms. The number of anilines is 1. The molecule has 0 aromatic carbocycles. The number of hydrogen-bond donors (Lipinski definition) is 0. The average molecular weight is 414 g/mol. The summed E-state index contributed by atoms with van der Waals surface area (Å²) in [5.74, 6) is 0.465. The Labute approximate surface area is 139 Å². The van der Waals surface area contributed by atoms with Crippen LogP contribution in [0, 0.1) is 30.6 Å². The highest BCUT2D eigenvalue weighted by atomic mass is 79.9. The number of rotatable bonds is 1. The van der Waals surface area contributed by atoms with E-state index in [1.165, 1.54) is 4.90 Å². The third kappa shape index (κ3) is 1.75. The number of nitrogens with zero attached hydrogens (tertiary/aromatic N) is 2. The maximum Gasteiger partial charge on any atom is 0.239 e. The summed E-state index contributed by atoms with van der Waals surface area (Å²) in [5.41, 5.74) is 0.810. The number of carbonyl (C=O) groups excluding carboxylic acids is 2. The number of halogens is 2. The molecule has 4 nitrogen and oxygen atoms in total. The molecule has 2 heterocycles. The SMILES string of the molecule is Cc1cccc(N2C(=O)[C@@H]3[C@H]4C[C@@H]([C@H](Br)[C@@H]4Br)[C@@H]3C2=O)n1.